The van der Waals surface area contributed by atoms with E-state index in [4.69, 9.17) is 9.47 Å². The standard InChI is InChI=1S/C26H29N3O6/c1-16(2)22(29-24(31)20-6-4-5-7-21(20)25(29)32)26(33)35-17(3)23(30)27-18-8-10-19(11-9-18)28-12-14-34-15-13-28/h4-11,16-17,22H,12-15H2,1-3H3,(H,27,30)/t17?,22-/m0/s1. The Morgan fingerprint density at radius 1 is 0.914 bits per heavy atom. The van der Waals surface area contributed by atoms with Gasteiger partial charge in [-0.15, -0.1) is 0 Å². The molecule has 0 aliphatic carbocycles. The van der Waals surface area contributed by atoms with Crippen molar-refractivity contribution in [1.82, 2.24) is 4.90 Å². The fourth-order valence-electron chi connectivity index (χ4n) is 4.25. The number of nitrogens with one attached hydrogen (secondary N) is 1. The number of carbonyl (C=O) groups excluding carboxylic acids is 4. The van der Waals surface area contributed by atoms with E-state index in [0.717, 1.165) is 23.7 Å². The van der Waals surface area contributed by atoms with Crippen LogP contribution in [0.2, 0.25) is 0 Å². The van der Waals surface area contributed by atoms with E-state index in [0.29, 0.717) is 18.9 Å². The molecule has 35 heavy (non-hydrogen) atoms. The molecule has 0 aromatic heterocycles. The first kappa shape index (κ1) is 24.4. The molecule has 0 saturated carbocycles. The Morgan fingerprint density at radius 2 is 1.49 bits per heavy atom. The summed E-state index contributed by atoms with van der Waals surface area (Å²) in [4.78, 5) is 54.6. The van der Waals surface area contributed by atoms with Gasteiger partial charge in [0.25, 0.3) is 17.7 Å². The molecule has 4 rings (SSSR count). The van der Waals surface area contributed by atoms with Crippen LogP contribution in [0.15, 0.2) is 48.5 Å². The number of amides is 3. The van der Waals surface area contributed by atoms with Crippen molar-refractivity contribution in [2.24, 2.45) is 5.92 Å². The van der Waals surface area contributed by atoms with Crippen LogP contribution < -0.4 is 10.2 Å². The van der Waals surface area contributed by atoms with Gasteiger partial charge in [-0.25, -0.2) is 4.79 Å². The van der Waals surface area contributed by atoms with E-state index < -0.39 is 41.8 Å². The van der Waals surface area contributed by atoms with Gasteiger partial charge >= 0.3 is 5.97 Å². The summed E-state index contributed by atoms with van der Waals surface area (Å²) in [7, 11) is 0. The van der Waals surface area contributed by atoms with Crippen molar-refractivity contribution in [2.75, 3.05) is 36.5 Å². The number of nitrogens with zero attached hydrogens (tertiary/aromatic N) is 2. The van der Waals surface area contributed by atoms with Gasteiger partial charge in [-0.3, -0.25) is 19.3 Å². The molecule has 1 N–H and O–H groups in total. The molecule has 1 unspecified atom stereocenters. The van der Waals surface area contributed by atoms with Gasteiger partial charge in [-0.1, -0.05) is 26.0 Å². The van der Waals surface area contributed by atoms with E-state index in [1.165, 1.54) is 6.92 Å². The summed E-state index contributed by atoms with van der Waals surface area (Å²) >= 11 is 0. The van der Waals surface area contributed by atoms with Crippen LogP contribution in [0, 0.1) is 5.92 Å². The monoisotopic (exact) mass is 479 g/mol. The number of carbonyl (C=O) groups is 4. The molecule has 1 saturated heterocycles. The third-order valence-corrected chi connectivity index (χ3v) is 6.15. The molecule has 2 heterocycles. The number of benzene rings is 2. The Bertz CT molecular complexity index is 1090. The highest BCUT2D eigenvalue weighted by molar-refractivity contribution is 6.22. The summed E-state index contributed by atoms with van der Waals surface area (Å²) in [5, 5.41) is 2.74. The maximum Gasteiger partial charge on any atom is 0.330 e. The second-order valence-corrected chi connectivity index (χ2v) is 8.93. The number of hydrogen-bond donors (Lipinski definition) is 1. The van der Waals surface area contributed by atoms with E-state index in [-0.39, 0.29) is 11.1 Å². The molecule has 9 nitrogen and oxygen atoms in total. The van der Waals surface area contributed by atoms with Gasteiger partial charge in [-0.05, 0) is 49.2 Å². The minimum Gasteiger partial charge on any atom is -0.451 e. The Morgan fingerprint density at radius 3 is 2.03 bits per heavy atom. The lowest BCUT2D eigenvalue weighted by molar-refractivity contribution is -0.158. The van der Waals surface area contributed by atoms with Crippen LogP contribution >= 0.6 is 0 Å². The summed E-state index contributed by atoms with van der Waals surface area (Å²) in [6, 6.07) is 12.7. The summed E-state index contributed by atoms with van der Waals surface area (Å²) in [5.74, 6) is -2.81. The Hall–Kier alpha value is -3.72. The first-order chi connectivity index (χ1) is 16.8. The fraction of sp³-hybridized carbons (Fsp3) is 0.385. The fourth-order valence-corrected chi connectivity index (χ4v) is 4.25. The van der Waals surface area contributed by atoms with Crippen molar-refractivity contribution in [3.8, 4) is 0 Å². The Labute approximate surface area is 204 Å². The molecule has 2 aliphatic heterocycles. The van der Waals surface area contributed by atoms with Crippen molar-refractivity contribution in [2.45, 2.75) is 32.9 Å². The van der Waals surface area contributed by atoms with Crippen LogP contribution in [0.4, 0.5) is 11.4 Å². The number of hydrogen-bond acceptors (Lipinski definition) is 7. The molecule has 2 aliphatic rings. The van der Waals surface area contributed by atoms with Crippen molar-refractivity contribution in [1.29, 1.82) is 0 Å². The normalized spacial score (nSPS) is 17.3. The summed E-state index contributed by atoms with van der Waals surface area (Å²) in [6.07, 6.45) is -1.13. The summed E-state index contributed by atoms with van der Waals surface area (Å²) in [6.45, 7) is 7.87. The number of esters is 1. The van der Waals surface area contributed by atoms with Crippen LogP contribution in [0.1, 0.15) is 41.5 Å². The van der Waals surface area contributed by atoms with Crippen LogP contribution in [-0.2, 0) is 19.1 Å². The van der Waals surface area contributed by atoms with E-state index in [2.05, 4.69) is 10.2 Å². The predicted octanol–water partition coefficient (Wildman–Crippen LogP) is 2.71. The largest absolute Gasteiger partial charge is 0.451 e. The van der Waals surface area contributed by atoms with Crippen molar-refractivity contribution in [3.63, 3.8) is 0 Å². The van der Waals surface area contributed by atoms with Crippen molar-refractivity contribution in [3.05, 3.63) is 59.7 Å². The smallest absolute Gasteiger partial charge is 0.330 e. The molecule has 0 bridgehead atoms. The number of morpholine rings is 1. The molecule has 0 spiro atoms. The molecule has 2 aromatic rings. The summed E-state index contributed by atoms with van der Waals surface area (Å²) < 4.78 is 10.8. The average molecular weight is 480 g/mol. The lowest BCUT2D eigenvalue weighted by Gasteiger charge is -2.29. The molecular formula is C26H29N3O6. The van der Waals surface area contributed by atoms with Crippen molar-refractivity contribution >= 4 is 35.1 Å². The zero-order chi connectivity index (χ0) is 25.1. The molecule has 2 atom stereocenters. The van der Waals surface area contributed by atoms with Crippen LogP contribution in [0.5, 0.6) is 0 Å². The van der Waals surface area contributed by atoms with Gasteiger partial charge in [0.1, 0.15) is 6.04 Å². The topological polar surface area (TPSA) is 105 Å². The molecule has 0 radical (unpaired) electrons. The quantitative estimate of drug-likeness (QED) is 0.481. The second-order valence-electron chi connectivity index (χ2n) is 8.93. The van der Waals surface area contributed by atoms with Gasteiger partial charge in [0.15, 0.2) is 6.10 Å². The van der Waals surface area contributed by atoms with Gasteiger partial charge in [0.05, 0.1) is 24.3 Å². The Kier molecular flexibility index (Phi) is 7.16. The molecular weight excluding hydrogens is 450 g/mol. The zero-order valence-corrected chi connectivity index (χ0v) is 20.0. The second kappa shape index (κ2) is 10.3. The number of anilines is 2. The van der Waals surface area contributed by atoms with Gasteiger partial charge in [-0.2, -0.15) is 0 Å². The number of rotatable bonds is 7. The predicted molar refractivity (Wildman–Crippen MR) is 129 cm³/mol. The van der Waals surface area contributed by atoms with Gasteiger partial charge < -0.3 is 19.7 Å². The SMILES string of the molecule is CC(OC(=O)[C@H](C(C)C)N1C(=O)c2ccccc2C1=O)C(=O)Nc1ccc(N2CCOCC2)cc1. The molecule has 184 valence electrons. The third-order valence-electron chi connectivity index (χ3n) is 6.15. The highest BCUT2D eigenvalue weighted by Gasteiger charge is 2.45. The molecule has 1 fully saturated rings. The highest BCUT2D eigenvalue weighted by Crippen LogP contribution is 2.28. The van der Waals surface area contributed by atoms with Crippen LogP contribution in [0.3, 0.4) is 0 Å². The van der Waals surface area contributed by atoms with Crippen LogP contribution in [0.25, 0.3) is 0 Å². The van der Waals surface area contributed by atoms with E-state index in [9.17, 15) is 19.2 Å². The van der Waals surface area contributed by atoms with Gasteiger partial charge in [0, 0.05) is 24.5 Å². The highest BCUT2D eigenvalue weighted by atomic mass is 16.5. The zero-order valence-electron chi connectivity index (χ0n) is 20.0. The lowest BCUT2D eigenvalue weighted by atomic mass is 10.0. The number of imide groups is 1. The number of fused-ring (bicyclic) bond motifs is 1. The van der Waals surface area contributed by atoms with Gasteiger partial charge in [0.2, 0.25) is 0 Å². The maximum atomic E-state index is 13.0. The molecule has 9 heteroatoms. The molecule has 3 amide bonds. The molecule has 2 aromatic carbocycles. The van der Waals surface area contributed by atoms with E-state index in [1.54, 1.807) is 50.2 Å². The number of ether oxygens (including phenoxy) is 2. The van der Waals surface area contributed by atoms with Crippen LogP contribution in [-0.4, -0.2) is 67.0 Å². The minimum atomic E-state index is -1.15. The third kappa shape index (κ3) is 5.05. The maximum absolute atomic E-state index is 13.0. The lowest BCUT2D eigenvalue weighted by Crippen LogP contribution is -2.50. The first-order valence-corrected chi connectivity index (χ1v) is 11.7. The Balaban J connectivity index is 1.39. The van der Waals surface area contributed by atoms with E-state index in [1.807, 2.05) is 12.1 Å². The van der Waals surface area contributed by atoms with Crippen molar-refractivity contribution < 1.29 is 28.7 Å². The van der Waals surface area contributed by atoms with E-state index >= 15 is 0 Å². The minimum absolute atomic E-state index is 0.252. The first-order valence-electron chi connectivity index (χ1n) is 11.7. The summed E-state index contributed by atoms with van der Waals surface area (Å²) in [5.41, 5.74) is 2.10. The average Bonchev–Trinajstić information content (AvgIpc) is 3.10.